The van der Waals surface area contributed by atoms with Gasteiger partial charge in [0.15, 0.2) is 6.04 Å². The van der Waals surface area contributed by atoms with Crippen LogP contribution in [0, 0.1) is 0 Å². The Morgan fingerprint density at radius 2 is 2.05 bits per heavy atom. The number of rotatable bonds is 11. The van der Waals surface area contributed by atoms with E-state index in [2.05, 4.69) is 10.1 Å². The molecular formula is C13H24N2O6S. The van der Waals surface area contributed by atoms with E-state index < -0.39 is 30.6 Å². The van der Waals surface area contributed by atoms with Crippen molar-refractivity contribution in [3.63, 3.8) is 0 Å². The van der Waals surface area contributed by atoms with E-state index in [0.717, 1.165) is 13.5 Å². The summed E-state index contributed by atoms with van der Waals surface area (Å²) in [7, 11) is 1.16. The third-order valence-corrected chi connectivity index (χ3v) is 3.61. The standard InChI is InChI=1S/C13H24N2O6S/c1-3-4-11(17)21-5-6-22-8-9(14)12(18)15-10(7-16)13(19)20-2/h9-10,16H,3-8,14H2,1-2H3,(H,15,18)/t9-,10+/m1/s1. The van der Waals surface area contributed by atoms with Crippen LogP contribution < -0.4 is 11.1 Å². The van der Waals surface area contributed by atoms with Crippen LogP contribution in [0.25, 0.3) is 0 Å². The number of carbonyl (C=O) groups is 3. The van der Waals surface area contributed by atoms with Gasteiger partial charge < -0.3 is 25.6 Å². The molecule has 0 aliphatic carbocycles. The number of hydrogen-bond acceptors (Lipinski definition) is 8. The number of nitrogens with one attached hydrogen (secondary N) is 1. The first-order valence-corrected chi connectivity index (χ1v) is 8.09. The minimum absolute atomic E-state index is 0.242. The Labute approximate surface area is 134 Å². The summed E-state index contributed by atoms with van der Waals surface area (Å²) in [6, 6.07) is -1.96. The molecule has 9 heteroatoms. The van der Waals surface area contributed by atoms with E-state index in [-0.39, 0.29) is 12.6 Å². The molecule has 2 atom stereocenters. The van der Waals surface area contributed by atoms with Crippen molar-refractivity contribution < 1.29 is 29.0 Å². The summed E-state index contributed by atoms with van der Waals surface area (Å²) >= 11 is 1.36. The maximum atomic E-state index is 11.7. The van der Waals surface area contributed by atoms with Crippen LogP contribution in [0.2, 0.25) is 0 Å². The van der Waals surface area contributed by atoms with E-state index in [1.54, 1.807) is 0 Å². The molecule has 128 valence electrons. The number of aliphatic hydroxyl groups is 1. The zero-order valence-electron chi connectivity index (χ0n) is 12.9. The van der Waals surface area contributed by atoms with Crippen LogP contribution >= 0.6 is 11.8 Å². The summed E-state index contributed by atoms with van der Waals surface area (Å²) in [5.41, 5.74) is 5.68. The van der Waals surface area contributed by atoms with Gasteiger partial charge in [0.05, 0.1) is 19.8 Å². The number of aliphatic hydroxyl groups excluding tert-OH is 1. The van der Waals surface area contributed by atoms with Crippen molar-refractivity contribution >= 4 is 29.6 Å². The summed E-state index contributed by atoms with van der Waals surface area (Å²) in [6.45, 7) is 1.59. The first kappa shape index (κ1) is 20.7. The first-order valence-electron chi connectivity index (χ1n) is 6.94. The van der Waals surface area contributed by atoms with Crippen LogP contribution in [-0.2, 0) is 23.9 Å². The fourth-order valence-electron chi connectivity index (χ4n) is 1.38. The monoisotopic (exact) mass is 336 g/mol. The maximum absolute atomic E-state index is 11.7. The maximum Gasteiger partial charge on any atom is 0.330 e. The molecular weight excluding hydrogens is 312 g/mol. The van der Waals surface area contributed by atoms with E-state index >= 15 is 0 Å². The van der Waals surface area contributed by atoms with E-state index in [9.17, 15) is 14.4 Å². The molecule has 0 radical (unpaired) electrons. The van der Waals surface area contributed by atoms with E-state index in [0.29, 0.717) is 17.9 Å². The van der Waals surface area contributed by atoms with Crippen LogP contribution in [0.1, 0.15) is 19.8 Å². The fourth-order valence-corrected chi connectivity index (χ4v) is 2.15. The number of hydrogen-bond donors (Lipinski definition) is 3. The predicted molar refractivity (Wildman–Crippen MR) is 82.2 cm³/mol. The predicted octanol–water partition coefficient (Wildman–Crippen LogP) is -0.960. The van der Waals surface area contributed by atoms with Gasteiger partial charge in [0.2, 0.25) is 5.91 Å². The molecule has 0 aliphatic rings. The van der Waals surface area contributed by atoms with Gasteiger partial charge in [0, 0.05) is 17.9 Å². The molecule has 0 saturated carbocycles. The number of methoxy groups -OCH3 is 1. The van der Waals surface area contributed by atoms with Crippen molar-refractivity contribution in [3.05, 3.63) is 0 Å². The fraction of sp³-hybridized carbons (Fsp3) is 0.769. The van der Waals surface area contributed by atoms with Crippen LogP contribution in [-0.4, -0.2) is 66.9 Å². The molecule has 0 bridgehead atoms. The van der Waals surface area contributed by atoms with Gasteiger partial charge in [0.1, 0.15) is 6.61 Å². The van der Waals surface area contributed by atoms with Crippen molar-refractivity contribution in [1.82, 2.24) is 5.32 Å². The highest BCUT2D eigenvalue weighted by Gasteiger charge is 2.23. The van der Waals surface area contributed by atoms with Crippen LogP contribution in [0.5, 0.6) is 0 Å². The molecule has 0 aliphatic heterocycles. The van der Waals surface area contributed by atoms with Crippen molar-refractivity contribution in [2.45, 2.75) is 31.8 Å². The van der Waals surface area contributed by atoms with Crippen molar-refractivity contribution in [3.8, 4) is 0 Å². The van der Waals surface area contributed by atoms with Gasteiger partial charge in [-0.05, 0) is 6.42 Å². The second-order valence-electron chi connectivity index (χ2n) is 4.42. The van der Waals surface area contributed by atoms with Gasteiger partial charge in [-0.2, -0.15) is 11.8 Å². The molecule has 0 fully saturated rings. The summed E-state index contributed by atoms with van der Waals surface area (Å²) in [5, 5.41) is 11.3. The topological polar surface area (TPSA) is 128 Å². The summed E-state index contributed by atoms with van der Waals surface area (Å²) in [6.07, 6.45) is 1.13. The van der Waals surface area contributed by atoms with E-state index in [1.807, 2.05) is 6.92 Å². The highest BCUT2D eigenvalue weighted by Crippen LogP contribution is 2.03. The Bertz CT molecular complexity index is 366. The minimum atomic E-state index is -1.12. The van der Waals surface area contributed by atoms with E-state index in [1.165, 1.54) is 11.8 Å². The first-order chi connectivity index (χ1) is 10.5. The highest BCUT2D eigenvalue weighted by atomic mass is 32.2. The smallest absolute Gasteiger partial charge is 0.330 e. The number of ether oxygens (including phenoxy) is 2. The second kappa shape index (κ2) is 12.2. The van der Waals surface area contributed by atoms with E-state index in [4.69, 9.17) is 15.6 Å². The zero-order chi connectivity index (χ0) is 17.0. The third kappa shape index (κ3) is 8.85. The molecule has 22 heavy (non-hydrogen) atoms. The lowest BCUT2D eigenvalue weighted by Gasteiger charge is -2.17. The van der Waals surface area contributed by atoms with Gasteiger partial charge in [-0.15, -0.1) is 0 Å². The van der Waals surface area contributed by atoms with Crippen molar-refractivity contribution in [2.24, 2.45) is 5.73 Å². The molecule has 0 aromatic rings. The second-order valence-corrected chi connectivity index (χ2v) is 5.57. The largest absolute Gasteiger partial charge is 0.467 e. The zero-order valence-corrected chi connectivity index (χ0v) is 13.7. The molecule has 0 rings (SSSR count). The van der Waals surface area contributed by atoms with Gasteiger partial charge in [-0.3, -0.25) is 9.59 Å². The van der Waals surface area contributed by atoms with Crippen LogP contribution in [0.4, 0.5) is 0 Å². The number of amides is 1. The van der Waals surface area contributed by atoms with Gasteiger partial charge in [-0.1, -0.05) is 6.92 Å². The Hall–Kier alpha value is -1.32. The van der Waals surface area contributed by atoms with Gasteiger partial charge in [0.25, 0.3) is 0 Å². The highest BCUT2D eigenvalue weighted by molar-refractivity contribution is 7.99. The quantitative estimate of drug-likeness (QED) is 0.325. The number of carbonyl (C=O) groups excluding carboxylic acids is 3. The van der Waals surface area contributed by atoms with Gasteiger partial charge >= 0.3 is 11.9 Å². The molecule has 0 unspecified atom stereocenters. The number of nitrogens with two attached hydrogens (primary N) is 1. The van der Waals surface area contributed by atoms with Crippen molar-refractivity contribution in [2.75, 3.05) is 31.8 Å². The molecule has 1 amide bonds. The van der Waals surface area contributed by atoms with Crippen LogP contribution in [0.3, 0.4) is 0 Å². The molecule has 8 nitrogen and oxygen atoms in total. The molecule has 0 aromatic carbocycles. The summed E-state index contributed by atoms with van der Waals surface area (Å²) < 4.78 is 9.39. The number of esters is 2. The average molecular weight is 336 g/mol. The lowest BCUT2D eigenvalue weighted by molar-refractivity contribution is -0.146. The Kier molecular flexibility index (Phi) is 11.5. The summed E-state index contributed by atoms with van der Waals surface area (Å²) in [4.78, 5) is 34.1. The van der Waals surface area contributed by atoms with Gasteiger partial charge in [-0.25, -0.2) is 4.79 Å². The lowest BCUT2D eigenvalue weighted by atomic mass is 10.2. The SMILES string of the molecule is CCCC(=O)OCCSC[C@@H](N)C(=O)N[C@@H](CO)C(=O)OC. The Balaban J connectivity index is 3.91. The molecule has 0 aromatic heterocycles. The Morgan fingerprint density at radius 3 is 2.59 bits per heavy atom. The van der Waals surface area contributed by atoms with Crippen LogP contribution in [0.15, 0.2) is 0 Å². The molecule has 0 heterocycles. The number of thioether (sulfide) groups is 1. The average Bonchev–Trinajstić information content (AvgIpc) is 2.51. The molecule has 0 saturated heterocycles. The minimum Gasteiger partial charge on any atom is -0.467 e. The third-order valence-electron chi connectivity index (χ3n) is 2.56. The molecule has 0 spiro atoms. The molecule has 4 N–H and O–H groups in total. The Morgan fingerprint density at radius 1 is 1.36 bits per heavy atom. The summed E-state index contributed by atoms with van der Waals surface area (Å²) in [5.74, 6) is -0.708. The lowest BCUT2D eigenvalue weighted by Crippen LogP contribution is -2.51. The van der Waals surface area contributed by atoms with Crippen molar-refractivity contribution in [1.29, 1.82) is 0 Å². The normalized spacial score (nSPS) is 13.1.